The van der Waals surface area contributed by atoms with Gasteiger partial charge in [0.1, 0.15) is 11.6 Å². The maximum absolute atomic E-state index is 10.1. The average molecular weight is 341 g/mol. The van der Waals surface area contributed by atoms with Crippen LogP contribution in [0.2, 0.25) is 0 Å². The quantitative estimate of drug-likeness (QED) is 0.729. The summed E-state index contributed by atoms with van der Waals surface area (Å²) in [4.78, 5) is 13.9. The number of aliphatic hydroxyl groups excluding tert-OH is 1. The van der Waals surface area contributed by atoms with Crippen molar-refractivity contribution in [1.82, 2.24) is 25.0 Å². The molecule has 0 aliphatic carbocycles. The zero-order valence-electron chi connectivity index (χ0n) is 13.8. The van der Waals surface area contributed by atoms with Gasteiger partial charge in [-0.05, 0) is 30.7 Å². The Morgan fingerprint density at radius 2 is 2.20 bits per heavy atom. The first-order valence-corrected chi connectivity index (χ1v) is 8.11. The highest BCUT2D eigenvalue weighted by molar-refractivity contribution is 5.55. The molecule has 1 aliphatic heterocycles. The summed E-state index contributed by atoms with van der Waals surface area (Å²) < 4.78 is 10.6. The topological polar surface area (TPSA) is 100 Å². The number of hydrogen-bond donors (Lipinski definition) is 2. The summed E-state index contributed by atoms with van der Waals surface area (Å²) >= 11 is 0. The van der Waals surface area contributed by atoms with Crippen LogP contribution in [0.25, 0.3) is 11.4 Å². The lowest BCUT2D eigenvalue weighted by molar-refractivity contribution is 0.167. The van der Waals surface area contributed by atoms with Crippen molar-refractivity contribution < 1.29 is 14.4 Å². The number of aliphatic hydroxyl groups is 1. The highest BCUT2D eigenvalue weighted by atomic mass is 16.5. The lowest BCUT2D eigenvalue weighted by Crippen LogP contribution is -2.25. The van der Waals surface area contributed by atoms with Gasteiger partial charge in [0.25, 0.3) is 0 Å². The molecular formula is C17H19N5O3. The molecule has 0 amide bonds. The molecule has 1 aliphatic rings. The fraction of sp³-hybridized carbons (Fsp3) is 0.353. The molecule has 1 saturated heterocycles. The van der Waals surface area contributed by atoms with E-state index in [1.807, 2.05) is 24.3 Å². The highest BCUT2D eigenvalue weighted by Gasteiger charge is 2.36. The van der Waals surface area contributed by atoms with Crippen LogP contribution in [0.3, 0.4) is 0 Å². The Kier molecular flexibility index (Phi) is 4.21. The monoisotopic (exact) mass is 341 g/mol. The number of aromatic nitrogens is 4. The first kappa shape index (κ1) is 15.8. The van der Waals surface area contributed by atoms with E-state index in [1.54, 1.807) is 19.5 Å². The molecule has 130 valence electrons. The normalized spacial score (nSPS) is 20.9. The lowest BCUT2D eigenvalue weighted by Gasteiger charge is -2.19. The van der Waals surface area contributed by atoms with Crippen molar-refractivity contribution in [2.75, 3.05) is 13.7 Å². The minimum Gasteiger partial charge on any atom is -0.497 e. The number of likely N-dealkylation sites (tertiary alicyclic amines) is 1. The standard InChI is InChI=1S/C17H19N5O3/c1-24-13-4-2-11(3-5-13)16-20-17(25-21-16)14-8-12(23)9-22(14)10-15-18-6-7-19-15/h2-7,12,14,23H,8-10H2,1H3,(H,18,19). The van der Waals surface area contributed by atoms with Gasteiger partial charge >= 0.3 is 0 Å². The number of rotatable bonds is 5. The third-order valence-electron chi connectivity index (χ3n) is 4.36. The molecule has 1 fully saturated rings. The number of nitrogens with one attached hydrogen (secondary N) is 1. The van der Waals surface area contributed by atoms with Crippen molar-refractivity contribution in [1.29, 1.82) is 0 Å². The molecule has 8 heteroatoms. The predicted octanol–water partition coefficient (Wildman–Crippen LogP) is 1.78. The van der Waals surface area contributed by atoms with Crippen molar-refractivity contribution in [2.24, 2.45) is 0 Å². The van der Waals surface area contributed by atoms with E-state index in [2.05, 4.69) is 25.0 Å². The molecule has 0 bridgehead atoms. The molecule has 2 aromatic heterocycles. The van der Waals surface area contributed by atoms with Gasteiger partial charge in [0, 0.05) is 24.5 Å². The second kappa shape index (κ2) is 6.66. The van der Waals surface area contributed by atoms with Crippen molar-refractivity contribution >= 4 is 0 Å². The Labute approximate surface area is 144 Å². The van der Waals surface area contributed by atoms with Gasteiger partial charge in [-0.3, -0.25) is 4.90 Å². The van der Waals surface area contributed by atoms with E-state index in [4.69, 9.17) is 9.26 Å². The SMILES string of the molecule is COc1ccc(-c2noc(C3CC(O)CN3Cc3ncc[nH]3)n2)cc1. The molecule has 2 N–H and O–H groups in total. The maximum Gasteiger partial charge on any atom is 0.244 e. The number of nitrogens with zero attached hydrogens (tertiary/aromatic N) is 4. The van der Waals surface area contributed by atoms with Crippen LogP contribution in [-0.4, -0.2) is 49.9 Å². The van der Waals surface area contributed by atoms with E-state index in [-0.39, 0.29) is 6.04 Å². The van der Waals surface area contributed by atoms with Crippen molar-refractivity contribution in [3.05, 3.63) is 48.4 Å². The van der Waals surface area contributed by atoms with E-state index in [0.717, 1.165) is 17.1 Å². The van der Waals surface area contributed by atoms with Crippen LogP contribution in [0, 0.1) is 0 Å². The van der Waals surface area contributed by atoms with Crippen LogP contribution in [0.15, 0.2) is 41.2 Å². The van der Waals surface area contributed by atoms with Gasteiger partial charge in [-0.1, -0.05) is 5.16 Å². The van der Waals surface area contributed by atoms with Crippen LogP contribution in [0.1, 0.15) is 24.2 Å². The fourth-order valence-corrected chi connectivity index (χ4v) is 3.12. The first-order valence-electron chi connectivity index (χ1n) is 8.11. The highest BCUT2D eigenvalue weighted by Crippen LogP contribution is 2.33. The van der Waals surface area contributed by atoms with E-state index in [9.17, 15) is 5.11 Å². The zero-order chi connectivity index (χ0) is 17.2. The fourth-order valence-electron chi connectivity index (χ4n) is 3.12. The Morgan fingerprint density at radius 1 is 1.36 bits per heavy atom. The number of imidazole rings is 1. The van der Waals surface area contributed by atoms with Crippen LogP contribution in [-0.2, 0) is 6.54 Å². The minimum atomic E-state index is -0.420. The molecule has 0 radical (unpaired) electrons. The lowest BCUT2D eigenvalue weighted by atomic mass is 10.2. The summed E-state index contributed by atoms with van der Waals surface area (Å²) in [5, 5.41) is 14.1. The average Bonchev–Trinajstić information content (AvgIpc) is 3.36. The van der Waals surface area contributed by atoms with E-state index in [0.29, 0.717) is 31.2 Å². The summed E-state index contributed by atoms with van der Waals surface area (Å²) in [7, 11) is 1.63. The Bertz CT molecular complexity index is 815. The molecule has 8 nitrogen and oxygen atoms in total. The zero-order valence-corrected chi connectivity index (χ0v) is 13.8. The maximum atomic E-state index is 10.1. The van der Waals surface area contributed by atoms with Gasteiger partial charge in [0.15, 0.2) is 0 Å². The summed E-state index contributed by atoms with van der Waals surface area (Å²) in [5.74, 6) is 2.65. The molecule has 4 rings (SSSR count). The summed E-state index contributed by atoms with van der Waals surface area (Å²) in [6.45, 7) is 1.14. The van der Waals surface area contributed by atoms with Crippen LogP contribution in [0.4, 0.5) is 0 Å². The summed E-state index contributed by atoms with van der Waals surface area (Å²) in [6.07, 6.45) is 3.64. The number of ether oxygens (including phenoxy) is 1. The minimum absolute atomic E-state index is 0.125. The molecule has 1 aromatic carbocycles. The molecule has 2 unspecified atom stereocenters. The number of benzene rings is 1. The van der Waals surface area contributed by atoms with Gasteiger partial charge < -0.3 is 19.4 Å². The molecular weight excluding hydrogens is 322 g/mol. The molecule has 0 spiro atoms. The van der Waals surface area contributed by atoms with Crippen molar-refractivity contribution in [3.63, 3.8) is 0 Å². The molecule has 3 aromatic rings. The number of H-pyrrole nitrogens is 1. The van der Waals surface area contributed by atoms with Crippen molar-refractivity contribution in [3.8, 4) is 17.1 Å². The van der Waals surface area contributed by atoms with Gasteiger partial charge in [0.05, 0.1) is 25.8 Å². The van der Waals surface area contributed by atoms with Gasteiger partial charge in [0.2, 0.25) is 11.7 Å². The number of methoxy groups -OCH3 is 1. The number of hydrogen-bond acceptors (Lipinski definition) is 7. The Hall–Kier alpha value is -2.71. The smallest absolute Gasteiger partial charge is 0.244 e. The van der Waals surface area contributed by atoms with Gasteiger partial charge in [-0.15, -0.1) is 0 Å². The number of β-amino-alcohol motifs (C(OH)–C–C–N with tert-alkyl or cyclic N) is 1. The largest absolute Gasteiger partial charge is 0.497 e. The van der Waals surface area contributed by atoms with E-state index in [1.165, 1.54) is 0 Å². The third kappa shape index (κ3) is 3.26. The molecule has 0 saturated carbocycles. The third-order valence-corrected chi connectivity index (χ3v) is 4.36. The molecule has 2 atom stereocenters. The number of aromatic amines is 1. The molecule has 25 heavy (non-hydrogen) atoms. The predicted molar refractivity (Wildman–Crippen MR) is 88.6 cm³/mol. The summed E-state index contributed by atoms with van der Waals surface area (Å²) in [5.41, 5.74) is 0.854. The van der Waals surface area contributed by atoms with Gasteiger partial charge in [-0.2, -0.15) is 4.98 Å². The van der Waals surface area contributed by atoms with E-state index >= 15 is 0 Å². The first-order chi connectivity index (χ1) is 12.2. The van der Waals surface area contributed by atoms with Crippen LogP contribution >= 0.6 is 0 Å². The van der Waals surface area contributed by atoms with Crippen LogP contribution < -0.4 is 4.74 Å². The van der Waals surface area contributed by atoms with Gasteiger partial charge in [-0.25, -0.2) is 4.98 Å². The Balaban J connectivity index is 1.55. The second-order valence-corrected chi connectivity index (χ2v) is 6.06. The molecule has 3 heterocycles. The summed E-state index contributed by atoms with van der Waals surface area (Å²) in [6, 6.07) is 7.36. The van der Waals surface area contributed by atoms with Crippen LogP contribution in [0.5, 0.6) is 5.75 Å². The van der Waals surface area contributed by atoms with Crippen molar-refractivity contribution in [2.45, 2.75) is 25.1 Å². The Morgan fingerprint density at radius 3 is 2.92 bits per heavy atom. The van der Waals surface area contributed by atoms with E-state index < -0.39 is 6.10 Å². The second-order valence-electron chi connectivity index (χ2n) is 6.06.